The Morgan fingerprint density at radius 1 is 0.731 bits per heavy atom. The number of hydrogen-bond acceptors (Lipinski definition) is 7. The Hall–Kier alpha value is -4.07. The number of unbranched alkanes of at least 4 members (excludes halogenated alkanes) is 4. The second-order valence-electron chi connectivity index (χ2n) is 14.6. The highest BCUT2D eigenvalue weighted by Crippen LogP contribution is 2.42. The number of ketones is 1. The highest BCUT2D eigenvalue weighted by atomic mass is 16.5. The number of aryl methyl sites for hydroxylation is 2. The summed E-state index contributed by atoms with van der Waals surface area (Å²) >= 11 is 0. The van der Waals surface area contributed by atoms with Crippen LogP contribution in [-0.2, 0) is 27.2 Å². The first kappa shape index (κ1) is 40.7. The lowest BCUT2D eigenvalue weighted by Gasteiger charge is -2.29. The molecule has 1 saturated carbocycles. The van der Waals surface area contributed by atoms with Gasteiger partial charge in [-0.2, -0.15) is 0 Å². The van der Waals surface area contributed by atoms with E-state index in [0.29, 0.717) is 48.5 Å². The molecule has 4 rings (SSSR count). The van der Waals surface area contributed by atoms with Gasteiger partial charge < -0.3 is 19.7 Å². The molecule has 0 heterocycles. The van der Waals surface area contributed by atoms with Crippen molar-refractivity contribution in [2.75, 3.05) is 13.2 Å². The summed E-state index contributed by atoms with van der Waals surface area (Å²) in [6.07, 6.45) is 14.0. The zero-order valence-corrected chi connectivity index (χ0v) is 31.7. The molecule has 0 aromatic heterocycles. The maximum Gasteiger partial charge on any atom is 0.379 e. The Morgan fingerprint density at radius 2 is 1.46 bits per heavy atom. The minimum absolute atomic E-state index is 0.0490. The Labute approximate surface area is 310 Å². The van der Waals surface area contributed by atoms with Gasteiger partial charge in [-0.3, -0.25) is 4.79 Å². The third-order valence-electron chi connectivity index (χ3n) is 10.4. The number of benzene rings is 3. The standard InChI is InChI=1S/C45H58O7/c1-6-7-9-13-33-16-18-34(19-17-33)35-20-22-39(31(4)26-35)38-28-41(40(15-10-8-11-24-46)43(29-38)52-44(49)30(2)3)36-21-23-42(51-45(50)32(5)48)37(27-36)14-12-25-47/h20-23,26-29,33-34,46-47H,2,6-19,24-25H2,1,3-5H3. The van der Waals surface area contributed by atoms with Crippen LogP contribution in [0.2, 0.25) is 0 Å². The zero-order valence-electron chi connectivity index (χ0n) is 31.7. The van der Waals surface area contributed by atoms with Crippen molar-refractivity contribution in [2.45, 2.75) is 124 Å². The van der Waals surface area contributed by atoms with Gasteiger partial charge in [-0.15, -0.1) is 0 Å². The molecule has 0 unspecified atom stereocenters. The van der Waals surface area contributed by atoms with Crippen LogP contribution in [0.5, 0.6) is 11.5 Å². The van der Waals surface area contributed by atoms with E-state index in [4.69, 9.17) is 9.47 Å². The van der Waals surface area contributed by atoms with Crippen LogP contribution < -0.4 is 9.47 Å². The second kappa shape index (κ2) is 20.2. The van der Waals surface area contributed by atoms with Gasteiger partial charge in [0.1, 0.15) is 11.5 Å². The molecule has 0 saturated heterocycles. The number of aliphatic hydroxyl groups is 2. The summed E-state index contributed by atoms with van der Waals surface area (Å²) in [6, 6.07) is 16.3. The molecule has 7 nitrogen and oxygen atoms in total. The molecule has 0 atom stereocenters. The molecule has 0 bridgehead atoms. The molecule has 0 amide bonds. The number of Topliss-reactive ketones (excluding diaryl/α,β-unsaturated/α-hetero) is 1. The van der Waals surface area contributed by atoms with E-state index in [2.05, 4.69) is 44.7 Å². The first-order valence-electron chi connectivity index (χ1n) is 19.3. The predicted molar refractivity (Wildman–Crippen MR) is 208 cm³/mol. The number of carbonyl (C=O) groups is 3. The van der Waals surface area contributed by atoms with Crippen molar-refractivity contribution in [3.8, 4) is 33.8 Å². The minimum atomic E-state index is -0.947. The summed E-state index contributed by atoms with van der Waals surface area (Å²) in [5, 5.41) is 19.1. The van der Waals surface area contributed by atoms with Crippen LogP contribution in [0, 0.1) is 12.8 Å². The van der Waals surface area contributed by atoms with Gasteiger partial charge in [0, 0.05) is 31.3 Å². The summed E-state index contributed by atoms with van der Waals surface area (Å²) < 4.78 is 11.5. The van der Waals surface area contributed by atoms with E-state index in [-0.39, 0.29) is 19.0 Å². The lowest BCUT2D eigenvalue weighted by Crippen LogP contribution is -2.17. The SMILES string of the molecule is C=C(C)C(=O)Oc1cc(-c2ccc(C3CCC(CCCCC)CC3)cc2C)cc(-c2ccc(OC(=O)C(C)=O)c(CCCO)c2)c1CCCCCO. The molecular formula is C45H58O7. The Morgan fingerprint density at radius 3 is 2.12 bits per heavy atom. The fourth-order valence-corrected chi connectivity index (χ4v) is 7.40. The maximum atomic E-state index is 13.0. The number of aliphatic hydroxyl groups excluding tert-OH is 2. The molecule has 52 heavy (non-hydrogen) atoms. The number of hydrogen-bond donors (Lipinski definition) is 2. The molecule has 1 fully saturated rings. The molecule has 7 heteroatoms. The van der Waals surface area contributed by atoms with E-state index >= 15 is 0 Å². The third-order valence-corrected chi connectivity index (χ3v) is 10.4. The predicted octanol–water partition coefficient (Wildman–Crippen LogP) is 9.79. The molecule has 3 aromatic carbocycles. The van der Waals surface area contributed by atoms with E-state index in [1.807, 2.05) is 18.2 Å². The Balaban J connectivity index is 1.79. The summed E-state index contributed by atoms with van der Waals surface area (Å²) in [5.41, 5.74) is 8.00. The maximum absolute atomic E-state index is 13.0. The van der Waals surface area contributed by atoms with Crippen LogP contribution in [0.4, 0.5) is 0 Å². The van der Waals surface area contributed by atoms with Crippen molar-refractivity contribution in [3.63, 3.8) is 0 Å². The van der Waals surface area contributed by atoms with Crippen LogP contribution in [0.25, 0.3) is 22.3 Å². The number of rotatable bonds is 19. The van der Waals surface area contributed by atoms with E-state index < -0.39 is 17.7 Å². The van der Waals surface area contributed by atoms with Gasteiger partial charge in [0.15, 0.2) is 0 Å². The second-order valence-corrected chi connectivity index (χ2v) is 14.6. The average molecular weight is 711 g/mol. The monoisotopic (exact) mass is 710 g/mol. The van der Waals surface area contributed by atoms with E-state index in [0.717, 1.165) is 52.1 Å². The third kappa shape index (κ3) is 11.2. The van der Waals surface area contributed by atoms with Crippen LogP contribution >= 0.6 is 0 Å². The van der Waals surface area contributed by atoms with Gasteiger partial charge >= 0.3 is 11.9 Å². The van der Waals surface area contributed by atoms with Crippen LogP contribution in [0.15, 0.2) is 60.7 Å². The first-order chi connectivity index (χ1) is 25.1. The topological polar surface area (TPSA) is 110 Å². The van der Waals surface area contributed by atoms with Crippen molar-refractivity contribution >= 4 is 17.7 Å². The Kier molecular flexibility index (Phi) is 15.8. The zero-order chi connectivity index (χ0) is 37.6. The van der Waals surface area contributed by atoms with Crippen LogP contribution in [-0.4, -0.2) is 41.1 Å². The first-order valence-corrected chi connectivity index (χ1v) is 19.3. The smallest absolute Gasteiger partial charge is 0.379 e. The fraction of sp³-hybridized carbons (Fsp3) is 0.489. The minimum Gasteiger partial charge on any atom is -0.423 e. The number of carbonyl (C=O) groups excluding carboxylic acids is 3. The number of esters is 2. The van der Waals surface area contributed by atoms with Crippen molar-refractivity contribution < 1.29 is 34.1 Å². The van der Waals surface area contributed by atoms with Crippen molar-refractivity contribution in [2.24, 2.45) is 5.92 Å². The van der Waals surface area contributed by atoms with Crippen LogP contribution in [0.3, 0.4) is 0 Å². The van der Waals surface area contributed by atoms with Gasteiger partial charge in [-0.25, -0.2) is 9.59 Å². The summed E-state index contributed by atoms with van der Waals surface area (Å²) in [5.74, 6) is -0.0115. The molecule has 1 aliphatic carbocycles. The van der Waals surface area contributed by atoms with E-state index in [1.165, 1.54) is 63.9 Å². The normalized spacial score (nSPS) is 15.7. The van der Waals surface area contributed by atoms with Gasteiger partial charge in [0.05, 0.1) is 0 Å². The van der Waals surface area contributed by atoms with E-state index in [1.54, 1.807) is 13.0 Å². The quantitative estimate of drug-likeness (QED) is 0.0419. The molecular weight excluding hydrogens is 652 g/mol. The average Bonchev–Trinajstić information content (AvgIpc) is 3.13. The summed E-state index contributed by atoms with van der Waals surface area (Å²) in [6.45, 7) is 11.1. The van der Waals surface area contributed by atoms with E-state index in [9.17, 15) is 24.6 Å². The number of ether oxygens (including phenoxy) is 2. The Bertz CT molecular complexity index is 1700. The van der Waals surface area contributed by atoms with Crippen molar-refractivity contribution in [1.82, 2.24) is 0 Å². The molecule has 0 spiro atoms. The highest BCUT2D eigenvalue weighted by molar-refractivity contribution is 6.33. The van der Waals surface area contributed by atoms with Gasteiger partial charge in [-0.05, 0) is 147 Å². The fourth-order valence-electron chi connectivity index (χ4n) is 7.40. The largest absolute Gasteiger partial charge is 0.423 e. The lowest BCUT2D eigenvalue weighted by atomic mass is 9.76. The summed E-state index contributed by atoms with van der Waals surface area (Å²) in [7, 11) is 0. The molecule has 0 aliphatic heterocycles. The van der Waals surface area contributed by atoms with Gasteiger partial charge in [0.25, 0.3) is 0 Å². The lowest BCUT2D eigenvalue weighted by molar-refractivity contribution is -0.146. The highest BCUT2D eigenvalue weighted by Gasteiger charge is 2.24. The van der Waals surface area contributed by atoms with Gasteiger partial charge in [0.2, 0.25) is 5.78 Å². The molecule has 2 N–H and O–H groups in total. The summed E-state index contributed by atoms with van der Waals surface area (Å²) in [4.78, 5) is 37.0. The van der Waals surface area contributed by atoms with Crippen molar-refractivity contribution in [3.05, 3.63) is 82.9 Å². The molecule has 3 aromatic rings. The van der Waals surface area contributed by atoms with Crippen molar-refractivity contribution in [1.29, 1.82) is 0 Å². The molecule has 0 radical (unpaired) electrons. The molecule has 280 valence electrons. The van der Waals surface area contributed by atoms with Crippen LogP contribution in [0.1, 0.15) is 126 Å². The molecule has 1 aliphatic rings. The van der Waals surface area contributed by atoms with Gasteiger partial charge in [-0.1, -0.05) is 69.9 Å².